The molecule has 0 radical (unpaired) electrons. The van der Waals surface area contributed by atoms with E-state index in [0.29, 0.717) is 6.04 Å². The molecule has 0 saturated carbocycles. The van der Waals surface area contributed by atoms with Gasteiger partial charge in [-0.15, -0.1) is 0 Å². The third-order valence-electron chi connectivity index (χ3n) is 3.13. The Hall–Kier alpha value is -0.730. The average molecular weight is 240 g/mol. The van der Waals surface area contributed by atoms with Crippen molar-refractivity contribution in [3.8, 4) is 5.75 Å². The van der Waals surface area contributed by atoms with Crippen molar-refractivity contribution >= 4 is 11.6 Å². The molecule has 16 heavy (non-hydrogen) atoms. The van der Waals surface area contributed by atoms with Crippen LogP contribution in [0.1, 0.15) is 24.8 Å². The van der Waals surface area contributed by atoms with Gasteiger partial charge in [0.15, 0.2) is 0 Å². The van der Waals surface area contributed by atoms with Gasteiger partial charge in [-0.1, -0.05) is 18.0 Å². The number of halogens is 1. The highest BCUT2D eigenvalue weighted by molar-refractivity contribution is 6.31. The molecule has 1 aliphatic rings. The Bertz CT molecular complexity index is 348. The number of piperidine rings is 1. The molecule has 1 aromatic carbocycles. The molecule has 0 amide bonds. The zero-order valence-corrected chi connectivity index (χ0v) is 10.4. The van der Waals surface area contributed by atoms with E-state index in [-0.39, 0.29) is 0 Å². The van der Waals surface area contributed by atoms with Gasteiger partial charge in [0.05, 0.1) is 7.11 Å². The Balaban J connectivity index is 2.06. The van der Waals surface area contributed by atoms with Gasteiger partial charge < -0.3 is 10.1 Å². The van der Waals surface area contributed by atoms with E-state index in [9.17, 15) is 0 Å². The topological polar surface area (TPSA) is 21.3 Å². The first-order valence-corrected chi connectivity index (χ1v) is 6.23. The number of ether oxygens (including phenoxy) is 1. The van der Waals surface area contributed by atoms with Crippen LogP contribution in [-0.4, -0.2) is 19.7 Å². The van der Waals surface area contributed by atoms with Crippen molar-refractivity contribution in [3.63, 3.8) is 0 Å². The van der Waals surface area contributed by atoms with Crippen molar-refractivity contribution in [1.82, 2.24) is 5.32 Å². The molecule has 1 N–H and O–H groups in total. The van der Waals surface area contributed by atoms with Gasteiger partial charge in [-0.3, -0.25) is 0 Å². The van der Waals surface area contributed by atoms with Crippen molar-refractivity contribution < 1.29 is 4.74 Å². The van der Waals surface area contributed by atoms with Crippen molar-refractivity contribution in [2.24, 2.45) is 0 Å². The van der Waals surface area contributed by atoms with Crippen LogP contribution in [0, 0.1) is 0 Å². The number of hydrogen-bond acceptors (Lipinski definition) is 2. The van der Waals surface area contributed by atoms with Crippen molar-refractivity contribution in [2.45, 2.75) is 31.7 Å². The summed E-state index contributed by atoms with van der Waals surface area (Å²) in [5, 5.41) is 4.37. The summed E-state index contributed by atoms with van der Waals surface area (Å²) in [6.45, 7) is 1.13. The minimum absolute atomic E-state index is 0.568. The smallest absolute Gasteiger partial charge is 0.119 e. The van der Waals surface area contributed by atoms with Crippen LogP contribution < -0.4 is 10.1 Å². The fraction of sp³-hybridized carbons (Fsp3) is 0.538. The maximum Gasteiger partial charge on any atom is 0.119 e. The molecule has 0 spiro atoms. The molecule has 1 unspecified atom stereocenters. The third kappa shape index (κ3) is 2.89. The Kier molecular flexibility index (Phi) is 4.08. The van der Waals surface area contributed by atoms with E-state index >= 15 is 0 Å². The highest BCUT2D eigenvalue weighted by Crippen LogP contribution is 2.24. The van der Waals surface area contributed by atoms with E-state index < -0.39 is 0 Å². The van der Waals surface area contributed by atoms with Gasteiger partial charge >= 0.3 is 0 Å². The van der Waals surface area contributed by atoms with E-state index in [4.69, 9.17) is 16.3 Å². The molecule has 1 heterocycles. The van der Waals surface area contributed by atoms with Gasteiger partial charge in [-0.2, -0.15) is 0 Å². The third-order valence-corrected chi connectivity index (χ3v) is 3.50. The summed E-state index contributed by atoms with van der Waals surface area (Å²) in [7, 11) is 1.69. The normalized spacial score (nSPS) is 20.8. The van der Waals surface area contributed by atoms with Crippen LogP contribution in [0.2, 0.25) is 5.02 Å². The largest absolute Gasteiger partial charge is 0.497 e. The van der Waals surface area contributed by atoms with Crippen molar-refractivity contribution in [2.75, 3.05) is 13.7 Å². The maximum atomic E-state index is 6.19. The second kappa shape index (κ2) is 5.55. The lowest BCUT2D eigenvalue weighted by Gasteiger charge is -2.24. The van der Waals surface area contributed by atoms with E-state index in [0.717, 1.165) is 23.7 Å². The Labute approximate surface area is 102 Å². The monoisotopic (exact) mass is 239 g/mol. The fourth-order valence-electron chi connectivity index (χ4n) is 2.20. The molecule has 2 rings (SSSR count). The first-order chi connectivity index (χ1) is 7.79. The summed E-state index contributed by atoms with van der Waals surface area (Å²) in [5.74, 6) is 0.884. The van der Waals surface area contributed by atoms with Crippen LogP contribution in [-0.2, 0) is 6.42 Å². The van der Waals surface area contributed by atoms with Crippen LogP contribution in [0.4, 0.5) is 0 Å². The van der Waals surface area contributed by atoms with Crippen LogP contribution in [0.3, 0.4) is 0 Å². The molecular formula is C13H18ClNO. The Morgan fingerprint density at radius 3 is 3.00 bits per heavy atom. The van der Waals surface area contributed by atoms with Crippen LogP contribution >= 0.6 is 11.6 Å². The highest BCUT2D eigenvalue weighted by atomic mass is 35.5. The average Bonchev–Trinajstić information content (AvgIpc) is 2.33. The lowest BCUT2D eigenvalue weighted by atomic mass is 9.98. The first kappa shape index (κ1) is 11.7. The van der Waals surface area contributed by atoms with Crippen LogP contribution in [0.15, 0.2) is 18.2 Å². The fourth-order valence-corrected chi connectivity index (χ4v) is 2.39. The SMILES string of the molecule is COc1ccc(Cl)c(CC2CCCCN2)c1. The summed E-state index contributed by atoms with van der Waals surface area (Å²) in [5.41, 5.74) is 1.18. The highest BCUT2D eigenvalue weighted by Gasteiger charge is 2.14. The molecule has 1 aromatic rings. The molecular weight excluding hydrogens is 222 g/mol. The predicted octanol–water partition coefficient (Wildman–Crippen LogP) is 3.03. The zero-order chi connectivity index (χ0) is 11.4. The maximum absolute atomic E-state index is 6.19. The molecule has 88 valence electrons. The summed E-state index contributed by atoms with van der Waals surface area (Å²) in [6, 6.07) is 6.43. The lowest BCUT2D eigenvalue weighted by molar-refractivity contribution is 0.396. The van der Waals surface area contributed by atoms with Gasteiger partial charge in [0.1, 0.15) is 5.75 Å². The van der Waals surface area contributed by atoms with Gasteiger partial charge in [0.2, 0.25) is 0 Å². The molecule has 2 nitrogen and oxygen atoms in total. The van der Waals surface area contributed by atoms with Gasteiger partial charge in [-0.25, -0.2) is 0 Å². The quantitative estimate of drug-likeness (QED) is 0.876. The molecule has 1 aliphatic heterocycles. The predicted molar refractivity (Wildman–Crippen MR) is 67.3 cm³/mol. The summed E-state index contributed by atoms with van der Waals surface area (Å²) < 4.78 is 5.22. The van der Waals surface area contributed by atoms with Gasteiger partial charge in [-0.05, 0) is 49.6 Å². The second-order valence-electron chi connectivity index (χ2n) is 4.31. The number of rotatable bonds is 3. The minimum atomic E-state index is 0.568. The van der Waals surface area contributed by atoms with E-state index in [1.54, 1.807) is 7.11 Å². The van der Waals surface area contributed by atoms with Gasteiger partial charge in [0.25, 0.3) is 0 Å². The molecule has 0 bridgehead atoms. The van der Waals surface area contributed by atoms with Gasteiger partial charge in [0, 0.05) is 11.1 Å². The summed E-state index contributed by atoms with van der Waals surface area (Å²) >= 11 is 6.19. The molecule has 1 saturated heterocycles. The van der Waals surface area contributed by atoms with Crippen LogP contribution in [0.25, 0.3) is 0 Å². The first-order valence-electron chi connectivity index (χ1n) is 5.85. The van der Waals surface area contributed by atoms with E-state index in [1.807, 2.05) is 18.2 Å². The molecule has 1 atom stereocenters. The van der Waals surface area contributed by atoms with E-state index in [1.165, 1.54) is 24.8 Å². The zero-order valence-electron chi connectivity index (χ0n) is 9.63. The Morgan fingerprint density at radius 2 is 2.31 bits per heavy atom. The minimum Gasteiger partial charge on any atom is -0.497 e. The Morgan fingerprint density at radius 1 is 1.44 bits per heavy atom. The molecule has 0 aliphatic carbocycles. The van der Waals surface area contributed by atoms with Crippen LogP contribution in [0.5, 0.6) is 5.75 Å². The molecule has 0 aromatic heterocycles. The molecule has 1 fully saturated rings. The number of benzene rings is 1. The lowest BCUT2D eigenvalue weighted by Crippen LogP contribution is -2.35. The van der Waals surface area contributed by atoms with E-state index in [2.05, 4.69) is 5.32 Å². The van der Waals surface area contributed by atoms with Crippen molar-refractivity contribution in [3.05, 3.63) is 28.8 Å². The number of nitrogens with one attached hydrogen (secondary N) is 1. The number of methoxy groups -OCH3 is 1. The second-order valence-corrected chi connectivity index (χ2v) is 4.72. The van der Waals surface area contributed by atoms with Crippen molar-refractivity contribution in [1.29, 1.82) is 0 Å². The summed E-state index contributed by atoms with van der Waals surface area (Å²) in [4.78, 5) is 0. The summed E-state index contributed by atoms with van der Waals surface area (Å²) in [6.07, 6.45) is 4.85. The number of hydrogen-bond donors (Lipinski definition) is 1. The standard InChI is InChI=1S/C13H18ClNO/c1-16-12-5-6-13(14)10(9-12)8-11-4-2-3-7-15-11/h5-6,9,11,15H,2-4,7-8H2,1H3. The molecule has 3 heteroatoms.